The van der Waals surface area contributed by atoms with Crippen LogP contribution in [0.1, 0.15) is 41.4 Å². The van der Waals surface area contributed by atoms with Crippen LogP contribution in [0, 0.1) is 6.92 Å². The molecule has 4 rings (SSSR count). The quantitative estimate of drug-likeness (QED) is 0.625. The second-order valence-electron chi connectivity index (χ2n) is 7.67. The molecule has 1 unspecified atom stereocenters. The number of methoxy groups -OCH3 is 1. The molecular weight excluding hydrogens is 400 g/mol. The van der Waals surface area contributed by atoms with Gasteiger partial charge in [0.2, 0.25) is 15.0 Å². The van der Waals surface area contributed by atoms with E-state index in [1.807, 2.05) is 31.2 Å². The minimum atomic E-state index is -3.70. The highest BCUT2D eigenvalue weighted by Crippen LogP contribution is 2.26. The summed E-state index contributed by atoms with van der Waals surface area (Å²) in [6.45, 7) is 3.34. The minimum absolute atomic E-state index is 0.00888. The predicted molar refractivity (Wildman–Crippen MR) is 114 cm³/mol. The van der Waals surface area contributed by atoms with E-state index in [1.165, 1.54) is 0 Å². The van der Waals surface area contributed by atoms with E-state index in [9.17, 15) is 8.42 Å². The lowest BCUT2D eigenvalue weighted by Crippen LogP contribution is -2.21. The van der Waals surface area contributed by atoms with E-state index in [1.54, 1.807) is 35.9 Å². The summed E-state index contributed by atoms with van der Waals surface area (Å²) >= 11 is 0. The molecule has 1 aromatic heterocycles. The van der Waals surface area contributed by atoms with Crippen LogP contribution in [-0.4, -0.2) is 36.8 Å². The molecule has 1 fully saturated rings. The molecule has 30 heavy (non-hydrogen) atoms. The number of aryl methyl sites for hydroxylation is 1. The summed E-state index contributed by atoms with van der Waals surface area (Å²) in [5.41, 5.74) is 2.82. The normalized spacial score (nSPS) is 16.7. The van der Waals surface area contributed by atoms with Crippen molar-refractivity contribution in [3.63, 3.8) is 0 Å². The third-order valence-electron chi connectivity index (χ3n) is 5.35. The molecule has 8 heteroatoms. The van der Waals surface area contributed by atoms with E-state index >= 15 is 0 Å². The summed E-state index contributed by atoms with van der Waals surface area (Å²) in [6.07, 6.45) is 1.95. The number of nitrogens with zero attached hydrogens (tertiary/aromatic N) is 3. The molecule has 0 aliphatic carbocycles. The van der Waals surface area contributed by atoms with Gasteiger partial charge in [-0.2, -0.15) is 0 Å². The molecule has 1 saturated heterocycles. The first-order valence-electron chi connectivity index (χ1n) is 10.0. The summed E-state index contributed by atoms with van der Waals surface area (Å²) in [5, 5.41) is 11.9. The SMILES string of the molecule is COc1cccc(CS(=O)(=O)c2nnc(C3CCCN3)n2Cc2ccc(C)cc2)c1. The number of nitrogens with one attached hydrogen (secondary N) is 1. The van der Waals surface area contributed by atoms with Crippen LogP contribution in [0.5, 0.6) is 5.75 Å². The first kappa shape index (κ1) is 20.6. The third-order valence-corrected chi connectivity index (χ3v) is 6.92. The van der Waals surface area contributed by atoms with E-state index in [0.717, 1.165) is 30.5 Å². The van der Waals surface area contributed by atoms with Gasteiger partial charge in [-0.05, 0) is 49.6 Å². The largest absolute Gasteiger partial charge is 0.497 e. The van der Waals surface area contributed by atoms with E-state index in [-0.39, 0.29) is 17.0 Å². The Morgan fingerprint density at radius 2 is 1.93 bits per heavy atom. The first-order valence-corrected chi connectivity index (χ1v) is 11.7. The topological polar surface area (TPSA) is 86.1 Å². The zero-order chi connectivity index (χ0) is 21.1. The average molecular weight is 427 g/mol. The maximum absolute atomic E-state index is 13.3. The number of rotatable bonds is 7. The van der Waals surface area contributed by atoms with Gasteiger partial charge in [0.1, 0.15) is 5.75 Å². The molecule has 1 N–H and O–H groups in total. The van der Waals surface area contributed by atoms with Crippen molar-refractivity contribution in [3.05, 3.63) is 71.0 Å². The molecule has 0 saturated carbocycles. The molecule has 0 amide bonds. The fourth-order valence-corrected chi connectivity index (χ4v) is 5.17. The van der Waals surface area contributed by atoms with Crippen LogP contribution in [0.4, 0.5) is 0 Å². The smallest absolute Gasteiger partial charge is 0.250 e. The zero-order valence-electron chi connectivity index (χ0n) is 17.2. The van der Waals surface area contributed by atoms with E-state index in [0.29, 0.717) is 23.7 Å². The molecule has 158 valence electrons. The summed E-state index contributed by atoms with van der Waals surface area (Å²) in [5.74, 6) is 1.14. The van der Waals surface area contributed by atoms with Gasteiger partial charge in [0, 0.05) is 0 Å². The molecule has 7 nitrogen and oxygen atoms in total. The molecule has 2 aromatic carbocycles. The van der Waals surface area contributed by atoms with Gasteiger partial charge < -0.3 is 10.1 Å². The lowest BCUT2D eigenvalue weighted by atomic mass is 10.1. The Morgan fingerprint density at radius 1 is 1.13 bits per heavy atom. The van der Waals surface area contributed by atoms with Crippen LogP contribution < -0.4 is 10.1 Å². The predicted octanol–water partition coefficient (Wildman–Crippen LogP) is 3.04. The second kappa shape index (κ2) is 8.57. The number of hydrogen-bond donors (Lipinski definition) is 1. The molecule has 0 spiro atoms. The molecular formula is C22H26N4O3S. The van der Waals surface area contributed by atoms with Gasteiger partial charge in [-0.15, -0.1) is 10.2 Å². The highest BCUT2D eigenvalue weighted by Gasteiger charge is 2.30. The Bertz CT molecular complexity index is 1120. The zero-order valence-corrected chi connectivity index (χ0v) is 18.0. The maximum Gasteiger partial charge on any atom is 0.250 e. The van der Waals surface area contributed by atoms with Gasteiger partial charge in [-0.1, -0.05) is 42.0 Å². The molecule has 0 bridgehead atoms. The van der Waals surface area contributed by atoms with Crippen molar-refractivity contribution in [3.8, 4) is 5.75 Å². The standard InChI is InChI=1S/C22H26N4O3S/c1-16-8-10-17(11-9-16)14-26-21(20-7-4-12-23-20)24-25-22(26)30(27,28)15-18-5-3-6-19(13-18)29-2/h3,5-6,8-11,13,20,23H,4,7,12,14-15H2,1-2H3. The highest BCUT2D eigenvalue weighted by atomic mass is 32.2. The molecule has 1 aliphatic heterocycles. The minimum Gasteiger partial charge on any atom is -0.497 e. The third kappa shape index (κ3) is 4.39. The van der Waals surface area contributed by atoms with Crippen molar-refractivity contribution >= 4 is 9.84 Å². The summed E-state index contributed by atoms with van der Waals surface area (Å²) in [4.78, 5) is 0. The van der Waals surface area contributed by atoms with Gasteiger partial charge in [-0.25, -0.2) is 8.42 Å². The Kier molecular flexibility index (Phi) is 5.87. The van der Waals surface area contributed by atoms with Crippen LogP contribution in [-0.2, 0) is 22.1 Å². The average Bonchev–Trinajstić information content (AvgIpc) is 3.39. The van der Waals surface area contributed by atoms with Gasteiger partial charge in [0.15, 0.2) is 5.82 Å². The monoisotopic (exact) mass is 426 g/mol. The van der Waals surface area contributed by atoms with Crippen LogP contribution in [0.3, 0.4) is 0 Å². The van der Waals surface area contributed by atoms with Crippen molar-refractivity contribution in [2.24, 2.45) is 0 Å². The highest BCUT2D eigenvalue weighted by molar-refractivity contribution is 7.90. The van der Waals surface area contributed by atoms with E-state index in [4.69, 9.17) is 4.74 Å². The number of ether oxygens (including phenoxy) is 1. The summed E-state index contributed by atoms with van der Waals surface area (Å²) < 4.78 is 33.6. The Labute approximate surface area is 177 Å². The van der Waals surface area contributed by atoms with Crippen molar-refractivity contribution in [1.29, 1.82) is 0 Å². The van der Waals surface area contributed by atoms with Crippen molar-refractivity contribution in [1.82, 2.24) is 20.1 Å². The van der Waals surface area contributed by atoms with Crippen LogP contribution in [0.25, 0.3) is 0 Å². The fraction of sp³-hybridized carbons (Fsp3) is 0.364. The van der Waals surface area contributed by atoms with Crippen LogP contribution >= 0.6 is 0 Å². The van der Waals surface area contributed by atoms with Crippen LogP contribution in [0.15, 0.2) is 53.7 Å². The Morgan fingerprint density at radius 3 is 2.63 bits per heavy atom. The second-order valence-corrected chi connectivity index (χ2v) is 9.56. The fourth-order valence-electron chi connectivity index (χ4n) is 3.76. The van der Waals surface area contributed by atoms with Crippen molar-refractivity contribution in [2.45, 2.75) is 43.3 Å². The lowest BCUT2D eigenvalue weighted by molar-refractivity contribution is 0.414. The van der Waals surface area contributed by atoms with E-state index < -0.39 is 9.84 Å². The van der Waals surface area contributed by atoms with Gasteiger partial charge >= 0.3 is 0 Å². The van der Waals surface area contributed by atoms with Crippen molar-refractivity contribution in [2.75, 3.05) is 13.7 Å². The number of aromatic nitrogens is 3. The van der Waals surface area contributed by atoms with Crippen LogP contribution in [0.2, 0.25) is 0 Å². The molecule has 0 radical (unpaired) electrons. The molecule has 2 heterocycles. The molecule has 3 aromatic rings. The Balaban J connectivity index is 1.71. The summed E-state index contributed by atoms with van der Waals surface area (Å²) in [7, 11) is -2.14. The number of benzene rings is 2. The van der Waals surface area contributed by atoms with E-state index in [2.05, 4.69) is 15.5 Å². The van der Waals surface area contributed by atoms with Gasteiger partial charge in [0.05, 0.1) is 25.4 Å². The lowest BCUT2D eigenvalue weighted by Gasteiger charge is -2.15. The molecule has 1 atom stereocenters. The van der Waals surface area contributed by atoms with Crippen molar-refractivity contribution < 1.29 is 13.2 Å². The molecule has 1 aliphatic rings. The first-order chi connectivity index (χ1) is 14.5. The van der Waals surface area contributed by atoms with Gasteiger partial charge in [0.25, 0.3) is 0 Å². The van der Waals surface area contributed by atoms with Gasteiger partial charge in [-0.3, -0.25) is 4.57 Å². The number of hydrogen-bond acceptors (Lipinski definition) is 6. The maximum atomic E-state index is 13.3. The summed E-state index contributed by atoms with van der Waals surface area (Å²) in [6, 6.07) is 15.2. The Hall–Kier alpha value is -2.71. The number of sulfone groups is 1.